The summed E-state index contributed by atoms with van der Waals surface area (Å²) in [5.41, 5.74) is 2.16. The number of halogens is 1. The van der Waals surface area contributed by atoms with Gasteiger partial charge >= 0.3 is 0 Å². The number of nitrogens with zero attached hydrogens (tertiary/aromatic N) is 4. The Morgan fingerprint density at radius 3 is 2.62 bits per heavy atom. The van der Waals surface area contributed by atoms with Crippen LogP contribution in [0.15, 0.2) is 24.3 Å². The quantitative estimate of drug-likeness (QED) is 0.481. The lowest BCUT2D eigenvalue weighted by Crippen LogP contribution is -2.49. The molecule has 3 aromatic rings. The SMILES string of the molecule is O=C(c1cccc(Cl)c1)N1CCN(c2nc(C3CC3)nc3sc4c(c23)CCCCC4)CC1. The smallest absolute Gasteiger partial charge is 0.254 e. The molecule has 1 saturated carbocycles. The fourth-order valence-electron chi connectivity index (χ4n) is 5.01. The third-order valence-corrected chi connectivity index (χ3v) is 8.36. The van der Waals surface area contributed by atoms with Crippen molar-refractivity contribution in [3.63, 3.8) is 0 Å². The molecule has 0 unspecified atom stereocenters. The lowest BCUT2D eigenvalue weighted by molar-refractivity contribution is 0.0746. The molecule has 1 aliphatic heterocycles. The Labute approximate surface area is 197 Å². The number of hydrogen-bond donors (Lipinski definition) is 0. The average molecular weight is 467 g/mol. The van der Waals surface area contributed by atoms with Crippen molar-refractivity contribution in [2.75, 3.05) is 31.1 Å². The highest BCUT2D eigenvalue weighted by Crippen LogP contribution is 2.44. The van der Waals surface area contributed by atoms with Crippen LogP contribution in [-0.4, -0.2) is 47.0 Å². The first kappa shape index (κ1) is 20.4. The van der Waals surface area contributed by atoms with Crippen molar-refractivity contribution in [1.29, 1.82) is 0 Å². The van der Waals surface area contributed by atoms with Crippen LogP contribution in [0.4, 0.5) is 5.82 Å². The number of anilines is 1. The van der Waals surface area contributed by atoms with Crippen molar-refractivity contribution < 1.29 is 4.79 Å². The molecule has 32 heavy (non-hydrogen) atoms. The van der Waals surface area contributed by atoms with Gasteiger partial charge < -0.3 is 9.80 Å². The monoisotopic (exact) mass is 466 g/mol. The molecule has 7 heteroatoms. The molecule has 1 amide bonds. The van der Waals surface area contributed by atoms with Gasteiger partial charge in [0.15, 0.2) is 0 Å². The van der Waals surface area contributed by atoms with Gasteiger partial charge in [-0.25, -0.2) is 9.97 Å². The van der Waals surface area contributed by atoms with Gasteiger partial charge in [0, 0.05) is 47.6 Å². The maximum atomic E-state index is 13.0. The topological polar surface area (TPSA) is 49.3 Å². The Kier molecular flexibility index (Phi) is 5.30. The maximum Gasteiger partial charge on any atom is 0.254 e. The number of carbonyl (C=O) groups excluding carboxylic acids is 1. The predicted molar refractivity (Wildman–Crippen MR) is 130 cm³/mol. The molecule has 2 aromatic heterocycles. The van der Waals surface area contributed by atoms with Gasteiger partial charge in [-0.2, -0.15) is 0 Å². The number of aromatic nitrogens is 2. The molecule has 0 bridgehead atoms. The highest BCUT2D eigenvalue weighted by Gasteiger charge is 2.32. The van der Waals surface area contributed by atoms with Crippen LogP contribution in [-0.2, 0) is 12.8 Å². The Morgan fingerprint density at radius 1 is 1.03 bits per heavy atom. The largest absolute Gasteiger partial charge is 0.352 e. The van der Waals surface area contributed by atoms with Gasteiger partial charge in [-0.05, 0) is 62.3 Å². The van der Waals surface area contributed by atoms with Crippen molar-refractivity contribution in [3.8, 4) is 0 Å². The number of fused-ring (bicyclic) bond motifs is 3. The minimum absolute atomic E-state index is 0.0584. The number of thiophene rings is 1. The van der Waals surface area contributed by atoms with Crippen molar-refractivity contribution in [3.05, 3.63) is 51.1 Å². The number of hydrogen-bond acceptors (Lipinski definition) is 5. The van der Waals surface area contributed by atoms with Gasteiger partial charge in [-0.1, -0.05) is 24.1 Å². The van der Waals surface area contributed by atoms with Crippen molar-refractivity contribution in [2.24, 2.45) is 0 Å². The molecule has 166 valence electrons. The molecule has 5 nitrogen and oxygen atoms in total. The molecule has 0 radical (unpaired) electrons. The van der Waals surface area contributed by atoms with Gasteiger partial charge in [0.05, 0.1) is 5.39 Å². The van der Waals surface area contributed by atoms with Crippen molar-refractivity contribution >= 4 is 44.9 Å². The number of amides is 1. The van der Waals surface area contributed by atoms with Gasteiger partial charge in [-0.15, -0.1) is 11.3 Å². The number of piperazine rings is 1. The van der Waals surface area contributed by atoms with Crippen LogP contribution in [0.5, 0.6) is 0 Å². The van der Waals surface area contributed by atoms with E-state index in [2.05, 4.69) is 4.90 Å². The second kappa shape index (κ2) is 8.31. The van der Waals surface area contributed by atoms with Crippen molar-refractivity contribution in [2.45, 2.75) is 50.9 Å². The van der Waals surface area contributed by atoms with Crippen LogP contribution in [0.1, 0.15) is 64.6 Å². The van der Waals surface area contributed by atoms with Crippen molar-refractivity contribution in [1.82, 2.24) is 14.9 Å². The number of aryl methyl sites for hydroxylation is 2. The van der Waals surface area contributed by atoms with E-state index in [0.29, 0.717) is 29.6 Å². The molecular weight excluding hydrogens is 440 g/mol. The standard InChI is InChI=1S/C25H27ClN4OS/c26-18-6-4-5-17(15-18)25(31)30-13-11-29(12-14-30)23-21-19-7-2-1-3-8-20(19)32-24(21)28-22(27-23)16-9-10-16/h4-6,15-16H,1-3,7-14H2. The van der Waals surface area contributed by atoms with Crippen LogP contribution in [0.25, 0.3) is 10.2 Å². The molecular formula is C25H27ClN4OS. The highest BCUT2D eigenvalue weighted by atomic mass is 35.5. The summed E-state index contributed by atoms with van der Waals surface area (Å²) in [6.45, 7) is 2.99. The Bertz CT molecular complexity index is 1180. The van der Waals surface area contributed by atoms with E-state index in [0.717, 1.165) is 31.2 Å². The van der Waals surface area contributed by atoms with E-state index in [4.69, 9.17) is 21.6 Å². The zero-order valence-corrected chi connectivity index (χ0v) is 19.7. The number of benzene rings is 1. The Hall–Kier alpha value is -2.18. The van der Waals surface area contributed by atoms with Crippen LogP contribution in [0.2, 0.25) is 5.02 Å². The second-order valence-corrected chi connectivity index (χ2v) is 10.7. The van der Waals surface area contributed by atoms with Gasteiger partial charge in [-0.3, -0.25) is 4.79 Å². The van der Waals surface area contributed by atoms with E-state index in [1.165, 1.54) is 59.2 Å². The molecule has 1 aromatic carbocycles. The Balaban J connectivity index is 1.30. The summed E-state index contributed by atoms with van der Waals surface area (Å²) < 4.78 is 0. The average Bonchev–Trinajstić information content (AvgIpc) is 3.63. The molecule has 3 aliphatic rings. The predicted octanol–water partition coefficient (Wildman–Crippen LogP) is 5.45. The van der Waals surface area contributed by atoms with E-state index in [9.17, 15) is 4.79 Å². The lowest BCUT2D eigenvalue weighted by Gasteiger charge is -2.36. The summed E-state index contributed by atoms with van der Waals surface area (Å²) in [7, 11) is 0. The summed E-state index contributed by atoms with van der Waals surface area (Å²) in [4.78, 5) is 30.2. The molecule has 0 atom stereocenters. The molecule has 6 rings (SSSR count). The summed E-state index contributed by atoms with van der Waals surface area (Å²) in [6, 6.07) is 7.24. The van der Waals surface area contributed by atoms with E-state index in [-0.39, 0.29) is 5.91 Å². The minimum Gasteiger partial charge on any atom is -0.352 e. The molecule has 3 heterocycles. The van der Waals surface area contributed by atoms with E-state index >= 15 is 0 Å². The minimum atomic E-state index is 0.0584. The zero-order valence-electron chi connectivity index (χ0n) is 18.1. The van der Waals surface area contributed by atoms with E-state index < -0.39 is 0 Å². The van der Waals surface area contributed by atoms with E-state index in [1.807, 2.05) is 28.4 Å². The first-order valence-electron chi connectivity index (χ1n) is 11.8. The van der Waals surface area contributed by atoms with Crippen LogP contribution in [0, 0.1) is 0 Å². The number of rotatable bonds is 3. The van der Waals surface area contributed by atoms with E-state index in [1.54, 1.807) is 12.1 Å². The summed E-state index contributed by atoms with van der Waals surface area (Å²) in [5, 5.41) is 1.90. The normalized spacial score (nSPS) is 19.2. The third-order valence-electron chi connectivity index (χ3n) is 6.94. The summed E-state index contributed by atoms with van der Waals surface area (Å²) in [6.07, 6.45) is 8.57. The first-order chi connectivity index (χ1) is 15.7. The van der Waals surface area contributed by atoms with Gasteiger partial charge in [0.1, 0.15) is 16.5 Å². The van der Waals surface area contributed by atoms with Crippen LogP contribution < -0.4 is 4.90 Å². The first-order valence-corrected chi connectivity index (χ1v) is 13.0. The molecule has 1 saturated heterocycles. The summed E-state index contributed by atoms with van der Waals surface area (Å²) >= 11 is 8.00. The maximum absolute atomic E-state index is 13.0. The molecule has 2 fully saturated rings. The highest BCUT2D eigenvalue weighted by molar-refractivity contribution is 7.19. The summed E-state index contributed by atoms with van der Waals surface area (Å²) in [5.74, 6) is 2.74. The van der Waals surface area contributed by atoms with Gasteiger partial charge in [0.2, 0.25) is 0 Å². The van der Waals surface area contributed by atoms with Crippen LogP contribution in [0.3, 0.4) is 0 Å². The lowest BCUT2D eigenvalue weighted by atomic mass is 10.1. The molecule has 0 spiro atoms. The fourth-order valence-corrected chi connectivity index (χ4v) is 6.46. The zero-order chi connectivity index (χ0) is 21.7. The van der Waals surface area contributed by atoms with Crippen LogP contribution >= 0.6 is 22.9 Å². The fraction of sp³-hybridized carbons (Fsp3) is 0.480. The molecule has 0 N–H and O–H groups in total. The number of carbonyl (C=O) groups is 1. The Morgan fingerprint density at radius 2 is 1.84 bits per heavy atom. The third kappa shape index (κ3) is 3.77. The second-order valence-electron chi connectivity index (χ2n) is 9.21. The molecule has 2 aliphatic carbocycles. The van der Waals surface area contributed by atoms with Gasteiger partial charge in [0.25, 0.3) is 5.91 Å².